The molecule has 0 atom stereocenters. The Morgan fingerprint density at radius 2 is 1.92 bits per heavy atom. The normalized spacial score (nSPS) is 12.3. The van der Waals surface area contributed by atoms with Crippen molar-refractivity contribution in [2.24, 2.45) is 5.16 Å². The van der Waals surface area contributed by atoms with Gasteiger partial charge in [-0.05, 0) is 45.4 Å². The summed E-state index contributed by atoms with van der Waals surface area (Å²) in [5.74, 6) is -1.36. The fourth-order valence-corrected chi connectivity index (χ4v) is 1.97. The van der Waals surface area contributed by atoms with Crippen LogP contribution in [0.5, 0.6) is 11.5 Å². The molecule has 0 spiro atoms. The molecule has 6 nitrogen and oxygen atoms in total. The Kier molecular flexibility index (Phi) is 4.64. The summed E-state index contributed by atoms with van der Waals surface area (Å²) in [6.45, 7) is 6.76. The first-order chi connectivity index (χ1) is 11.1. The van der Waals surface area contributed by atoms with E-state index in [1.54, 1.807) is 20.8 Å². The Bertz CT molecular complexity index is 778. The van der Waals surface area contributed by atoms with Crippen molar-refractivity contribution in [2.75, 3.05) is 0 Å². The lowest BCUT2D eigenvalue weighted by Gasteiger charge is -2.17. The van der Waals surface area contributed by atoms with E-state index >= 15 is 0 Å². The second kappa shape index (κ2) is 6.35. The van der Waals surface area contributed by atoms with E-state index in [2.05, 4.69) is 5.16 Å². The molecule has 7 heteroatoms. The number of hydrogen-bond donors (Lipinski definition) is 2. The molecule has 24 heavy (non-hydrogen) atoms. The van der Waals surface area contributed by atoms with E-state index in [1.807, 2.05) is 0 Å². The van der Waals surface area contributed by atoms with E-state index in [0.717, 1.165) is 6.07 Å². The van der Waals surface area contributed by atoms with Gasteiger partial charge < -0.3 is 20.3 Å². The van der Waals surface area contributed by atoms with Gasteiger partial charge in [0.05, 0.1) is 5.56 Å². The second-order valence-electron chi connectivity index (χ2n) is 6.33. The Morgan fingerprint density at radius 3 is 2.50 bits per heavy atom. The lowest BCUT2D eigenvalue weighted by molar-refractivity contribution is -0.607. The van der Waals surface area contributed by atoms with E-state index in [0.29, 0.717) is 4.73 Å². The fraction of sp³-hybridized carbons (Fsp3) is 0.294. The monoisotopic (exact) mass is 334 g/mol. The van der Waals surface area contributed by atoms with Crippen molar-refractivity contribution in [3.63, 3.8) is 0 Å². The van der Waals surface area contributed by atoms with Crippen molar-refractivity contribution in [3.05, 3.63) is 58.3 Å². The maximum absolute atomic E-state index is 13.6. The summed E-state index contributed by atoms with van der Waals surface area (Å²) in [5.41, 5.74) is -0.654. The third-order valence-electron chi connectivity index (χ3n) is 3.11. The zero-order valence-electron chi connectivity index (χ0n) is 13.9. The van der Waals surface area contributed by atoms with Gasteiger partial charge in [-0.1, -0.05) is 5.16 Å². The molecule has 2 aromatic rings. The van der Waals surface area contributed by atoms with Gasteiger partial charge in [0, 0.05) is 12.1 Å². The topological polar surface area (TPSA) is 89.0 Å². The molecule has 128 valence electrons. The molecule has 1 heterocycles. The highest BCUT2D eigenvalue weighted by Crippen LogP contribution is 2.27. The second-order valence-corrected chi connectivity index (χ2v) is 6.33. The maximum atomic E-state index is 13.6. The van der Waals surface area contributed by atoms with Crippen LogP contribution in [-0.4, -0.2) is 21.5 Å². The third-order valence-corrected chi connectivity index (χ3v) is 3.11. The number of oxime groups is 1. The first-order valence-corrected chi connectivity index (χ1v) is 7.27. The fourth-order valence-electron chi connectivity index (χ4n) is 1.97. The number of rotatable bonds is 3. The van der Waals surface area contributed by atoms with Gasteiger partial charge in [-0.2, -0.15) is 4.73 Å². The minimum atomic E-state index is -0.673. The van der Waals surface area contributed by atoms with Gasteiger partial charge in [-0.25, -0.2) is 4.39 Å². The predicted octanol–water partition coefficient (Wildman–Crippen LogP) is 2.75. The molecular weight excluding hydrogens is 315 g/mol. The van der Waals surface area contributed by atoms with E-state index in [4.69, 9.17) is 4.84 Å². The average Bonchev–Trinajstić information content (AvgIpc) is 2.45. The molecule has 1 aromatic heterocycles. The molecule has 1 aromatic carbocycles. The molecule has 0 saturated carbocycles. The van der Waals surface area contributed by atoms with Crippen LogP contribution in [0.25, 0.3) is 0 Å². The van der Waals surface area contributed by atoms with Crippen molar-refractivity contribution in [1.82, 2.24) is 0 Å². The molecule has 0 amide bonds. The predicted molar refractivity (Wildman–Crippen MR) is 86.3 cm³/mol. The van der Waals surface area contributed by atoms with Crippen LogP contribution in [0, 0.1) is 17.9 Å². The van der Waals surface area contributed by atoms with E-state index in [9.17, 15) is 19.8 Å². The zero-order valence-corrected chi connectivity index (χ0v) is 13.9. The Hall–Kier alpha value is -2.83. The van der Waals surface area contributed by atoms with Gasteiger partial charge in [0.15, 0.2) is 17.7 Å². The van der Waals surface area contributed by atoms with Crippen LogP contribution in [-0.2, 0) is 4.84 Å². The minimum Gasteiger partial charge on any atom is -0.618 e. The molecule has 2 N–H and O–H groups in total. The van der Waals surface area contributed by atoms with E-state index < -0.39 is 17.2 Å². The van der Waals surface area contributed by atoms with E-state index in [1.165, 1.54) is 31.3 Å². The van der Waals surface area contributed by atoms with Crippen molar-refractivity contribution >= 4 is 5.71 Å². The zero-order chi connectivity index (χ0) is 18.1. The van der Waals surface area contributed by atoms with Gasteiger partial charge >= 0.3 is 0 Å². The third kappa shape index (κ3) is 3.73. The standard InChI is InChI=1S/C17H19FN2O4/c1-10-8-11(14(22)9-12(10)18)15(19-24-17(2,3)4)16-13(21)6-5-7-20(16)23/h5-9,21-22H,1-4H3/b19-15-. The molecular formula is C17H19FN2O4. The summed E-state index contributed by atoms with van der Waals surface area (Å²) < 4.78 is 14.0. The van der Waals surface area contributed by atoms with Crippen LogP contribution in [0.3, 0.4) is 0 Å². The highest BCUT2D eigenvalue weighted by atomic mass is 19.1. The molecule has 0 bridgehead atoms. The maximum Gasteiger partial charge on any atom is 0.288 e. The molecule has 0 saturated heterocycles. The summed E-state index contributed by atoms with van der Waals surface area (Å²) in [6.07, 6.45) is 1.18. The number of aromatic nitrogens is 1. The highest BCUT2D eigenvalue weighted by Gasteiger charge is 2.26. The van der Waals surface area contributed by atoms with Crippen LogP contribution >= 0.6 is 0 Å². The number of pyridine rings is 1. The minimum absolute atomic E-state index is 0.0734. The first-order valence-electron chi connectivity index (χ1n) is 7.27. The Labute approximate surface area is 139 Å². The summed E-state index contributed by atoms with van der Waals surface area (Å²) in [7, 11) is 0. The number of phenols is 1. The first kappa shape index (κ1) is 17.5. The average molecular weight is 334 g/mol. The number of hydrogen-bond acceptors (Lipinski definition) is 5. The van der Waals surface area contributed by atoms with Crippen molar-refractivity contribution in [3.8, 4) is 11.5 Å². The van der Waals surface area contributed by atoms with Gasteiger partial charge in [0.1, 0.15) is 17.2 Å². The summed E-state index contributed by atoms with van der Waals surface area (Å²) >= 11 is 0. The quantitative estimate of drug-likeness (QED) is 0.391. The van der Waals surface area contributed by atoms with Crippen LogP contribution in [0.4, 0.5) is 4.39 Å². The smallest absolute Gasteiger partial charge is 0.288 e. The van der Waals surface area contributed by atoms with Crippen molar-refractivity contribution < 1.29 is 24.2 Å². The van der Waals surface area contributed by atoms with Crippen LogP contribution in [0.1, 0.15) is 37.6 Å². The molecule has 0 aliphatic carbocycles. The number of phenolic OH excluding ortho intramolecular Hbond substituents is 1. The molecule has 0 unspecified atom stereocenters. The van der Waals surface area contributed by atoms with Crippen molar-refractivity contribution in [1.29, 1.82) is 0 Å². The number of benzene rings is 1. The molecule has 2 rings (SSSR count). The summed E-state index contributed by atoms with van der Waals surface area (Å²) in [4.78, 5) is 5.36. The lowest BCUT2D eigenvalue weighted by atomic mass is 10.0. The number of aryl methyl sites for hydroxylation is 1. The SMILES string of the molecule is Cc1cc(/C(=N/OC(C)(C)C)c2c(O)ccc[n+]2[O-])c(O)cc1F. The molecule has 0 aliphatic rings. The number of halogens is 1. The van der Waals surface area contributed by atoms with Crippen LogP contribution in [0.15, 0.2) is 35.6 Å². The molecule has 0 fully saturated rings. The van der Waals surface area contributed by atoms with Crippen molar-refractivity contribution in [2.45, 2.75) is 33.3 Å². The molecule has 0 radical (unpaired) electrons. The van der Waals surface area contributed by atoms with E-state index in [-0.39, 0.29) is 28.3 Å². The van der Waals surface area contributed by atoms with Crippen LogP contribution < -0.4 is 4.73 Å². The Balaban J connectivity index is 2.72. The number of aromatic hydroxyl groups is 2. The van der Waals surface area contributed by atoms with Gasteiger partial charge in [-0.15, -0.1) is 0 Å². The summed E-state index contributed by atoms with van der Waals surface area (Å²) in [5, 5.41) is 36.2. The highest BCUT2D eigenvalue weighted by molar-refractivity contribution is 6.13. The summed E-state index contributed by atoms with van der Waals surface area (Å²) in [6, 6.07) is 4.93. The van der Waals surface area contributed by atoms with Crippen LogP contribution in [0.2, 0.25) is 0 Å². The van der Waals surface area contributed by atoms with Gasteiger partial charge in [-0.3, -0.25) is 0 Å². The Morgan fingerprint density at radius 1 is 1.25 bits per heavy atom. The van der Waals surface area contributed by atoms with Gasteiger partial charge in [0.25, 0.3) is 5.69 Å². The largest absolute Gasteiger partial charge is 0.618 e. The molecule has 0 aliphatic heterocycles. The lowest BCUT2D eigenvalue weighted by Crippen LogP contribution is -2.35. The number of nitrogens with zero attached hydrogens (tertiary/aromatic N) is 2. The van der Waals surface area contributed by atoms with Gasteiger partial charge in [0.2, 0.25) is 0 Å².